The average Bonchev–Trinajstić information content (AvgIpc) is 2.37. The second kappa shape index (κ2) is 7.89. The van der Waals surface area contributed by atoms with E-state index < -0.39 is 12.1 Å². The number of amides is 1. The summed E-state index contributed by atoms with van der Waals surface area (Å²) >= 11 is 3.33. The number of hydrogen-bond acceptors (Lipinski definition) is 3. The normalized spacial score (nSPS) is 11.8. The molecule has 1 aromatic carbocycles. The van der Waals surface area contributed by atoms with Crippen molar-refractivity contribution in [3.05, 3.63) is 28.7 Å². The molecular formula is C14H18BrNO4. The van der Waals surface area contributed by atoms with Crippen LogP contribution in [0.25, 0.3) is 0 Å². The fourth-order valence-electron chi connectivity index (χ4n) is 1.68. The molecule has 0 radical (unpaired) electrons. The number of carboxylic acids is 1. The van der Waals surface area contributed by atoms with Gasteiger partial charge in [0.15, 0.2) is 6.10 Å². The SMILES string of the molecule is CC(Oc1cccc(Br)c1)C(=O)N(C)CCCC(=O)O. The predicted molar refractivity (Wildman–Crippen MR) is 78.7 cm³/mol. The van der Waals surface area contributed by atoms with E-state index in [0.717, 1.165) is 4.47 Å². The highest BCUT2D eigenvalue weighted by Gasteiger charge is 2.19. The zero-order chi connectivity index (χ0) is 15.1. The Morgan fingerprint density at radius 3 is 2.75 bits per heavy atom. The molecule has 0 bridgehead atoms. The summed E-state index contributed by atoms with van der Waals surface area (Å²) in [5, 5.41) is 8.56. The molecule has 0 aliphatic rings. The van der Waals surface area contributed by atoms with Gasteiger partial charge in [0.25, 0.3) is 5.91 Å². The first kappa shape index (κ1) is 16.5. The maximum atomic E-state index is 12.0. The van der Waals surface area contributed by atoms with Crippen molar-refractivity contribution in [1.82, 2.24) is 4.90 Å². The third-order valence-electron chi connectivity index (χ3n) is 2.72. The van der Waals surface area contributed by atoms with Crippen molar-refractivity contribution in [2.24, 2.45) is 0 Å². The van der Waals surface area contributed by atoms with Crippen LogP contribution < -0.4 is 4.74 Å². The van der Waals surface area contributed by atoms with Crippen LogP contribution in [0, 0.1) is 0 Å². The molecule has 1 amide bonds. The first-order chi connectivity index (χ1) is 9.40. The van der Waals surface area contributed by atoms with Gasteiger partial charge in [-0.15, -0.1) is 0 Å². The van der Waals surface area contributed by atoms with Gasteiger partial charge in [0.1, 0.15) is 5.75 Å². The molecule has 0 heterocycles. The monoisotopic (exact) mass is 343 g/mol. The van der Waals surface area contributed by atoms with Gasteiger partial charge in [-0.3, -0.25) is 9.59 Å². The van der Waals surface area contributed by atoms with Crippen LogP contribution in [0.3, 0.4) is 0 Å². The average molecular weight is 344 g/mol. The Balaban J connectivity index is 2.47. The molecule has 0 aliphatic carbocycles. The molecule has 6 heteroatoms. The number of ether oxygens (including phenoxy) is 1. The third kappa shape index (κ3) is 5.61. The Morgan fingerprint density at radius 2 is 2.15 bits per heavy atom. The highest BCUT2D eigenvalue weighted by Crippen LogP contribution is 2.19. The lowest BCUT2D eigenvalue weighted by Crippen LogP contribution is -2.38. The van der Waals surface area contributed by atoms with E-state index in [4.69, 9.17) is 9.84 Å². The highest BCUT2D eigenvalue weighted by molar-refractivity contribution is 9.10. The number of carbonyl (C=O) groups excluding carboxylic acids is 1. The van der Waals surface area contributed by atoms with Crippen molar-refractivity contribution in [2.45, 2.75) is 25.9 Å². The van der Waals surface area contributed by atoms with Gasteiger partial charge in [0.2, 0.25) is 0 Å². The van der Waals surface area contributed by atoms with Crippen molar-refractivity contribution >= 4 is 27.8 Å². The molecule has 0 fully saturated rings. The van der Waals surface area contributed by atoms with Gasteiger partial charge in [-0.1, -0.05) is 22.0 Å². The van der Waals surface area contributed by atoms with Crippen molar-refractivity contribution in [3.63, 3.8) is 0 Å². The molecular weight excluding hydrogens is 326 g/mol. The van der Waals surface area contributed by atoms with Crippen LogP contribution in [-0.2, 0) is 9.59 Å². The molecule has 110 valence electrons. The maximum Gasteiger partial charge on any atom is 0.303 e. The fraction of sp³-hybridized carbons (Fsp3) is 0.429. The van der Waals surface area contributed by atoms with E-state index in [2.05, 4.69) is 15.9 Å². The first-order valence-corrected chi connectivity index (χ1v) is 7.08. The number of benzene rings is 1. The molecule has 1 aromatic rings. The predicted octanol–water partition coefficient (Wildman–Crippen LogP) is 2.54. The summed E-state index contributed by atoms with van der Waals surface area (Å²) in [6, 6.07) is 7.26. The number of halogens is 1. The van der Waals surface area contributed by atoms with Crippen molar-refractivity contribution in [3.8, 4) is 5.75 Å². The van der Waals surface area contributed by atoms with Crippen molar-refractivity contribution in [2.75, 3.05) is 13.6 Å². The smallest absolute Gasteiger partial charge is 0.303 e. The second-order valence-electron chi connectivity index (χ2n) is 4.47. The van der Waals surface area contributed by atoms with Crippen LogP contribution in [0.2, 0.25) is 0 Å². The fourth-order valence-corrected chi connectivity index (χ4v) is 2.06. The van der Waals surface area contributed by atoms with E-state index in [1.54, 1.807) is 26.1 Å². The minimum atomic E-state index is -0.857. The molecule has 1 atom stereocenters. The Hall–Kier alpha value is -1.56. The molecule has 20 heavy (non-hydrogen) atoms. The van der Waals surface area contributed by atoms with Crippen LogP contribution in [-0.4, -0.2) is 41.6 Å². The van der Waals surface area contributed by atoms with E-state index in [1.807, 2.05) is 12.1 Å². The van der Waals surface area contributed by atoms with Crippen LogP contribution in [0.1, 0.15) is 19.8 Å². The van der Waals surface area contributed by atoms with Gasteiger partial charge in [-0.25, -0.2) is 0 Å². The zero-order valence-electron chi connectivity index (χ0n) is 11.5. The molecule has 1 unspecified atom stereocenters. The summed E-state index contributed by atoms with van der Waals surface area (Å²) in [5.74, 6) is -0.418. The summed E-state index contributed by atoms with van der Waals surface area (Å²) in [6.07, 6.45) is -0.126. The van der Waals surface area contributed by atoms with E-state index in [9.17, 15) is 9.59 Å². The minimum Gasteiger partial charge on any atom is -0.481 e. The summed E-state index contributed by atoms with van der Waals surface area (Å²) in [7, 11) is 1.64. The molecule has 0 spiro atoms. The number of likely N-dealkylation sites (N-methyl/N-ethyl adjacent to an activating group) is 1. The Bertz CT molecular complexity index is 478. The summed E-state index contributed by atoms with van der Waals surface area (Å²) in [4.78, 5) is 24.0. The van der Waals surface area contributed by atoms with Gasteiger partial charge >= 0.3 is 5.97 Å². The van der Waals surface area contributed by atoms with E-state index in [1.165, 1.54) is 4.90 Å². The molecule has 0 saturated carbocycles. The number of carboxylic acid groups (broad SMARTS) is 1. The standard InChI is InChI=1S/C14H18BrNO4/c1-10(20-12-6-3-5-11(15)9-12)14(19)16(2)8-4-7-13(17)18/h3,5-6,9-10H,4,7-8H2,1-2H3,(H,17,18). The summed E-state index contributed by atoms with van der Waals surface area (Å²) in [6.45, 7) is 2.08. The zero-order valence-corrected chi connectivity index (χ0v) is 13.1. The van der Waals surface area contributed by atoms with E-state index >= 15 is 0 Å². The van der Waals surface area contributed by atoms with Crippen LogP contribution in [0.5, 0.6) is 5.75 Å². The van der Waals surface area contributed by atoms with Gasteiger partial charge in [-0.2, -0.15) is 0 Å². The Labute approximate surface area is 126 Å². The number of nitrogens with zero attached hydrogens (tertiary/aromatic N) is 1. The number of carbonyl (C=O) groups is 2. The van der Waals surface area contributed by atoms with Crippen molar-refractivity contribution in [1.29, 1.82) is 0 Å². The molecule has 5 nitrogen and oxygen atoms in total. The van der Waals surface area contributed by atoms with Gasteiger partial charge < -0.3 is 14.7 Å². The minimum absolute atomic E-state index is 0.0541. The van der Waals surface area contributed by atoms with E-state index in [-0.39, 0.29) is 12.3 Å². The Kier molecular flexibility index (Phi) is 6.51. The van der Waals surface area contributed by atoms with Gasteiger partial charge in [-0.05, 0) is 31.5 Å². The quantitative estimate of drug-likeness (QED) is 0.826. The number of hydrogen-bond donors (Lipinski definition) is 1. The van der Waals surface area contributed by atoms with Crippen molar-refractivity contribution < 1.29 is 19.4 Å². The lowest BCUT2D eigenvalue weighted by molar-refractivity contribution is -0.139. The second-order valence-corrected chi connectivity index (χ2v) is 5.39. The number of rotatable bonds is 7. The number of aliphatic carboxylic acids is 1. The van der Waals surface area contributed by atoms with Gasteiger partial charge in [0, 0.05) is 24.5 Å². The summed E-state index contributed by atoms with van der Waals surface area (Å²) in [5.41, 5.74) is 0. The largest absolute Gasteiger partial charge is 0.481 e. The molecule has 1 N–H and O–H groups in total. The molecule has 1 rings (SSSR count). The van der Waals surface area contributed by atoms with Crippen LogP contribution in [0.15, 0.2) is 28.7 Å². The highest BCUT2D eigenvalue weighted by atomic mass is 79.9. The first-order valence-electron chi connectivity index (χ1n) is 6.29. The topological polar surface area (TPSA) is 66.8 Å². The molecule has 0 saturated heterocycles. The van der Waals surface area contributed by atoms with Crippen LogP contribution in [0.4, 0.5) is 0 Å². The van der Waals surface area contributed by atoms with E-state index in [0.29, 0.717) is 18.7 Å². The van der Waals surface area contributed by atoms with Gasteiger partial charge in [0.05, 0.1) is 0 Å². The third-order valence-corrected chi connectivity index (χ3v) is 3.21. The maximum absolute atomic E-state index is 12.0. The molecule has 0 aliphatic heterocycles. The lowest BCUT2D eigenvalue weighted by Gasteiger charge is -2.22. The summed E-state index contributed by atoms with van der Waals surface area (Å²) < 4.78 is 6.45. The molecule has 0 aromatic heterocycles. The Morgan fingerprint density at radius 1 is 1.45 bits per heavy atom. The van der Waals surface area contributed by atoms with Crippen LogP contribution >= 0.6 is 15.9 Å². The lowest BCUT2D eigenvalue weighted by atomic mass is 10.2.